The zero-order chi connectivity index (χ0) is 17.0. The van der Waals surface area contributed by atoms with E-state index in [4.69, 9.17) is 4.74 Å². The zero-order valence-electron chi connectivity index (χ0n) is 13.1. The van der Waals surface area contributed by atoms with Gasteiger partial charge in [0.05, 0.1) is 16.9 Å². The van der Waals surface area contributed by atoms with Crippen LogP contribution in [0.1, 0.15) is 15.2 Å². The van der Waals surface area contributed by atoms with E-state index in [-0.39, 0.29) is 10.8 Å². The van der Waals surface area contributed by atoms with E-state index in [0.29, 0.717) is 11.4 Å². The molecule has 0 fully saturated rings. The predicted octanol–water partition coefficient (Wildman–Crippen LogP) is 1.94. The van der Waals surface area contributed by atoms with Gasteiger partial charge in [-0.2, -0.15) is 0 Å². The van der Waals surface area contributed by atoms with Crippen molar-refractivity contribution in [3.63, 3.8) is 0 Å². The third-order valence-corrected chi connectivity index (χ3v) is 6.06. The third-order valence-electron chi connectivity index (χ3n) is 3.19. The number of ether oxygens (including phenoxy) is 1. The number of sulfonamides is 1. The minimum Gasteiger partial charge on any atom is -0.497 e. The molecule has 8 heteroatoms. The number of amides is 1. The highest BCUT2D eigenvalue weighted by atomic mass is 32.2. The molecule has 1 aromatic carbocycles. The van der Waals surface area contributed by atoms with E-state index in [9.17, 15) is 13.2 Å². The maximum atomic E-state index is 12.1. The Hall–Kier alpha value is -1.90. The van der Waals surface area contributed by atoms with Gasteiger partial charge < -0.3 is 10.1 Å². The summed E-state index contributed by atoms with van der Waals surface area (Å²) >= 11 is 1.11. The summed E-state index contributed by atoms with van der Waals surface area (Å²) in [6, 6.07) is 8.73. The van der Waals surface area contributed by atoms with Crippen LogP contribution in [0.2, 0.25) is 0 Å². The van der Waals surface area contributed by atoms with Crippen molar-refractivity contribution >= 4 is 27.3 Å². The van der Waals surface area contributed by atoms with Gasteiger partial charge in [-0.25, -0.2) is 12.7 Å². The van der Waals surface area contributed by atoms with E-state index < -0.39 is 10.0 Å². The summed E-state index contributed by atoms with van der Waals surface area (Å²) in [5, 5.41) is 4.24. The minimum absolute atomic E-state index is 0.127. The molecule has 0 radical (unpaired) electrons. The largest absolute Gasteiger partial charge is 0.497 e. The fourth-order valence-electron chi connectivity index (χ4n) is 1.80. The average Bonchev–Trinajstić information content (AvgIpc) is 3.03. The highest BCUT2D eigenvalue weighted by molar-refractivity contribution is 7.89. The SMILES string of the molecule is COc1ccc(CNC(=O)c2cc(S(=O)(=O)N(C)C)cs2)cc1. The molecule has 1 heterocycles. The lowest BCUT2D eigenvalue weighted by molar-refractivity contribution is 0.0955. The number of hydrogen-bond acceptors (Lipinski definition) is 5. The molecule has 0 aliphatic rings. The third kappa shape index (κ3) is 4.10. The van der Waals surface area contributed by atoms with Crippen LogP contribution in [0.4, 0.5) is 0 Å². The lowest BCUT2D eigenvalue weighted by Gasteiger charge is -2.08. The van der Waals surface area contributed by atoms with Crippen molar-refractivity contribution in [3.05, 3.63) is 46.2 Å². The van der Waals surface area contributed by atoms with Crippen LogP contribution >= 0.6 is 11.3 Å². The molecule has 0 aliphatic carbocycles. The normalized spacial score (nSPS) is 11.5. The summed E-state index contributed by atoms with van der Waals surface area (Å²) < 4.78 is 30.2. The molecule has 1 N–H and O–H groups in total. The summed E-state index contributed by atoms with van der Waals surface area (Å²) in [5.41, 5.74) is 0.928. The number of rotatable bonds is 6. The van der Waals surface area contributed by atoms with Crippen LogP contribution in [-0.4, -0.2) is 39.8 Å². The van der Waals surface area contributed by atoms with Gasteiger partial charge in [0.15, 0.2) is 0 Å². The summed E-state index contributed by atoms with van der Waals surface area (Å²) in [6.07, 6.45) is 0. The van der Waals surface area contributed by atoms with E-state index in [1.54, 1.807) is 7.11 Å². The number of nitrogens with zero attached hydrogens (tertiary/aromatic N) is 1. The van der Waals surface area contributed by atoms with Gasteiger partial charge >= 0.3 is 0 Å². The van der Waals surface area contributed by atoms with Gasteiger partial charge in [-0.3, -0.25) is 4.79 Å². The lowest BCUT2D eigenvalue weighted by atomic mass is 10.2. The Labute approximate surface area is 139 Å². The molecule has 23 heavy (non-hydrogen) atoms. The van der Waals surface area contributed by atoms with Gasteiger partial charge in [-0.05, 0) is 23.8 Å². The number of thiophene rings is 1. The van der Waals surface area contributed by atoms with Crippen molar-refractivity contribution in [2.75, 3.05) is 21.2 Å². The summed E-state index contributed by atoms with van der Waals surface area (Å²) in [7, 11) is 0.985. The molecule has 2 rings (SSSR count). The maximum absolute atomic E-state index is 12.1. The van der Waals surface area contributed by atoms with Crippen LogP contribution in [0, 0.1) is 0 Å². The monoisotopic (exact) mass is 354 g/mol. The topological polar surface area (TPSA) is 75.7 Å². The van der Waals surface area contributed by atoms with E-state index >= 15 is 0 Å². The Bertz CT molecular complexity index is 780. The molecule has 0 unspecified atom stereocenters. The number of carbonyl (C=O) groups excluding carboxylic acids is 1. The smallest absolute Gasteiger partial charge is 0.261 e. The number of carbonyl (C=O) groups is 1. The van der Waals surface area contributed by atoms with Crippen LogP contribution in [0.25, 0.3) is 0 Å². The Morgan fingerprint density at radius 1 is 1.26 bits per heavy atom. The lowest BCUT2D eigenvalue weighted by Crippen LogP contribution is -2.23. The highest BCUT2D eigenvalue weighted by Crippen LogP contribution is 2.21. The Kier molecular flexibility index (Phi) is 5.40. The molecule has 2 aromatic rings. The van der Waals surface area contributed by atoms with Gasteiger partial charge in [0.2, 0.25) is 10.0 Å². The summed E-state index contributed by atoms with van der Waals surface area (Å²) in [5.74, 6) is 0.447. The molecule has 6 nitrogen and oxygen atoms in total. The van der Waals surface area contributed by atoms with E-state index in [1.165, 1.54) is 25.5 Å². The van der Waals surface area contributed by atoms with Gasteiger partial charge in [0.1, 0.15) is 5.75 Å². The van der Waals surface area contributed by atoms with Crippen molar-refractivity contribution in [2.45, 2.75) is 11.4 Å². The van der Waals surface area contributed by atoms with Crippen LogP contribution in [0.5, 0.6) is 5.75 Å². The fraction of sp³-hybridized carbons (Fsp3) is 0.267. The van der Waals surface area contributed by atoms with Gasteiger partial charge in [-0.1, -0.05) is 12.1 Å². The molecule has 0 atom stereocenters. The van der Waals surface area contributed by atoms with Gasteiger partial charge in [-0.15, -0.1) is 11.3 Å². The number of methoxy groups -OCH3 is 1. The summed E-state index contributed by atoms with van der Waals surface area (Å²) in [4.78, 5) is 12.6. The Morgan fingerprint density at radius 2 is 1.91 bits per heavy atom. The second-order valence-electron chi connectivity index (χ2n) is 4.96. The second-order valence-corrected chi connectivity index (χ2v) is 8.03. The molecule has 1 aromatic heterocycles. The molecule has 1 amide bonds. The number of nitrogens with one attached hydrogen (secondary N) is 1. The van der Waals surface area contributed by atoms with Gasteiger partial charge in [0.25, 0.3) is 5.91 Å². The van der Waals surface area contributed by atoms with Crippen molar-refractivity contribution in [1.29, 1.82) is 0 Å². The number of benzene rings is 1. The van der Waals surface area contributed by atoms with Crippen molar-refractivity contribution < 1.29 is 17.9 Å². The molecule has 0 aliphatic heterocycles. The van der Waals surface area contributed by atoms with E-state index in [1.807, 2.05) is 24.3 Å². The molecular formula is C15H18N2O4S2. The van der Waals surface area contributed by atoms with Gasteiger partial charge in [0, 0.05) is 26.0 Å². The number of hydrogen-bond donors (Lipinski definition) is 1. The van der Waals surface area contributed by atoms with E-state index in [2.05, 4.69) is 5.32 Å². The standard InChI is InChI=1S/C15H18N2O4S2/c1-17(2)23(19,20)13-8-14(22-10-13)15(18)16-9-11-4-6-12(21-3)7-5-11/h4-8,10H,9H2,1-3H3,(H,16,18). The van der Waals surface area contributed by atoms with Crippen LogP contribution in [-0.2, 0) is 16.6 Å². The fourth-order valence-corrected chi connectivity index (χ4v) is 3.88. The van der Waals surface area contributed by atoms with Crippen LogP contribution in [0.3, 0.4) is 0 Å². The first-order valence-corrected chi connectivity index (χ1v) is 9.08. The first-order valence-electron chi connectivity index (χ1n) is 6.77. The quantitative estimate of drug-likeness (QED) is 0.860. The van der Waals surface area contributed by atoms with Crippen molar-refractivity contribution in [2.24, 2.45) is 0 Å². The van der Waals surface area contributed by atoms with Crippen LogP contribution < -0.4 is 10.1 Å². The second kappa shape index (κ2) is 7.12. The zero-order valence-corrected chi connectivity index (χ0v) is 14.7. The molecule has 0 spiro atoms. The van der Waals surface area contributed by atoms with Crippen molar-refractivity contribution in [1.82, 2.24) is 9.62 Å². The average molecular weight is 354 g/mol. The molecule has 0 bridgehead atoms. The highest BCUT2D eigenvalue weighted by Gasteiger charge is 2.20. The first-order chi connectivity index (χ1) is 10.8. The predicted molar refractivity (Wildman–Crippen MR) is 89.4 cm³/mol. The molecule has 0 saturated heterocycles. The summed E-state index contributed by atoms with van der Waals surface area (Å²) in [6.45, 7) is 0.358. The maximum Gasteiger partial charge on any atom is 0.261 e. The molecule has 0 saturated carbocycles. The van der Waals surface area contributed by atoms with Crippen LogP contribution in [0.15, 0.2) is 40.6 Å². The minimum atomic E-state index is -3.51. The Morgan fingerprint density at radius 3 is 2.48 bits per heavy atom. The van der Waals surface area contributed by atoms with E-state index in [0.717, 1.165) is 27.0 Å². The molecular weight excluding hydrogens is 336 g/mol. The first kappa shape index (κ1) is 17.5. The molecule has 124 valence electrons. The Balaban J connectivity index is 2.02. The van der Waals surface area contributed by atoms with Crippen molar-refractivity contribution in [3.8, 4) is 5.75 Å².